The molecule has 3 aromatic rings. The van der Waals surface area contributed by atoms with Crippen LogP contribution in [0, 0.1) is 26.6 Å². The average Bonchev–Trinajstić information content (AvgIpc) is 3.04. The smallest absolute Gasteiger partial charge is 0.255 e. The fraction of sp³-hybridized carbons (Fsp3) is 0.360. The summed E-state index contributed by atoms with van der Waals surface area (Å²) in [6.45, 7) is 8.71. The van der Waals surface area contributed by atoms with E-state index in [2.05, 4.69) is 46.5 Å². The minimum absolute atomic E-state index is 0.0829. The number of halogens is 1. The van der Waals surface area contributed by atoms with Gasteiger partial charge in [-0.25, -0.2) is 9.07 Å². The fourth-order valence-corrected chi connectivity index (χ4v) is 4.37. The van der Waals surface area contributed by atoms with Gasteiger partial charge in [0.15, 0.2) is 0 Å². The summed E-state index contributed by atoms with van der Waals surface area (Å²) in [6, 6.07) is 14.9. The maximum atomic E-state index is 13.2. The molecule has 4 rings (SSSR count). The quantitative estimate of drug-likeness (QED) is 0.668. The summed E-state index contributed by atoms with van der Waals surface area (Å²) in [5, 5.41) is 7.72. The van der Waals surface area contributed by atoms with Crippen molar-refractivity contribution in [2.24, 2.45) is 0 Å². The van der Waals surface area contributed by atoms with E-state index in [0.717, 1.165) is 43.9 Å². The highest BCUT2D eigenvalue weighted by Gasteiger charge is 2.25. The van der Waals surface area contributed by atoms with E-state index >= 15 is 0 Å². The first-order valence-electron chi connectivity index (χ1n) is 10.8. The number of amides is 1. The maximum Gasteiger partial charge on any atom is 0.255 e. The van der Waals surface area contributed by atoms with Crippen LogP contribution in [0.3, 0.4) is 0 Å². The molecule has 0 saturated carbocycles. The number of aryl methyl sites for hydroxylation is 2. The molecule has 1 aliphatic rings. The topological polar surface area (TPSA) is 50.2 Å². The van der Waals surface area contributed by atoms with Gasteiger partial charge < -0.3 is 5.32 Å². The first kappa shape index (κ1) is 21.2. The SMILES string of the molecule is Cc1cccc(CN2CCC(NC(=O)c3c(C)nn(-c4ccc(F)cc4)c3C)CC2)c1. The molecule has 2 heterocycles. The molecule has 1 aromatic heterocycles. The molecule has 0 aliphatic carbocycles. The molecule has 1 N–H and O–H groups in total. The van der Waals surface area contributed by atoms with E-state index in [4.69, 9.17) is 0 Å². The van der Waals surface area contributed by atoms with Gasteiger partial charge in [-0.1, -0.05) is 29.8 Å². The van der Waals surface area contributed by atoms with Crippen LogP contribution in [0.2, 0.25) is 0 Å². The highest BCUT2D eigenvalue weighted by atomic mass is 19.1. The van der Waals surface area contributed by atoms with E-state index in [9.17, 15) is 9.18 Å². The van der Waals surface area contributed by atoms with Gasteiger partial charge in [0.2, 0.25) is 0 Å². The Hall–Kier alpha value is -2.99. The van der Waals surface area contributed by atoms with Gasteiger partial charge in [0.05, 0.1) is 22.6 Å². The van der Waals surface area contributed by atoms with Gasteiger partial charge in [-0.05, 0) is 63.4 Å². The molecule has 0 unspecified atom stereocenters. The van der Waals surface area contributed by atoms with Gasteiger partial charge in [-0.2, -0.15) is 5.10 Å². The second kappa shape index (κ2) is 9.02. The first-order chi connectivity index (χ1) is 14.9. The third kappa shape index (κ3) is 4.85. The molecule has 0 bridgehead atoms. The van der Waals surface area contributed by atoms with Crippen molar-refractivity contribution < 1.29 is 9.18 Å². The molecule has 162 valence electrons. The van der Waals surface area contributed by atoms with Crippen LogP contribution >= 0.6 is 0 Å². The van der Waals surface area contributed by atoms with E-state index in [1.165, 1.54) is 23.3 Å². The van der Waals surface area contributed by atoms with Crippen molar-refractivity contribution in [3.8, 4) is 5.69 Å². The summed E-state index contributed by atoms with van der Waals surface area (Å²) in [6.07, 6.45) is 1.86. The van der Waals surface area contributed by atoms with Crippen molar-refractivity contribution in [2.75, 3.05) is 13.1 Å². The van der Waals surface area contributed by atoms with Crippen LogP contribution in [0.1, 0.15) is 45.7 Å². The van der Waals surface area contributed by atoms with Crippen molar-refractivity contribution >= 4 is 5.91 Å². The maximum absolute atomic E-state index is 13.2. The number of hydrogen-bond donors (Lipinski definition) is 1. The Labute approximate surface area is 182 Å². The minimum Gasteiger partial charge on any atom is -0.349 e. The van der Waals surface area contributed by atoms with E-state index in [1.807, 2.05) is 13.8 Å². The standard InChI is InChI=1S/C25H29FN4O/c1-17-5-4-6-20(15-17)16-29-13-11-22(12-14-29)27-25(31)24-18(2)28-30(19(24)3)23-9-7-21(26)8-10-23/h4-10,15,22H,11-14,16H2,1-3H3,(H,27,31). The minimum atomic E-state index is -0.294. The number of nitrogens with zero attached hydrogens (tertiary/aromatic N) is 3. The van der Waals surface area contributed by atoms with Crippen LogP contribution < -0.4 is 5.32 Å². The molecular formula is C25H29FN4O. The number of rotatable bonds is 5. The van der Waals surface area contributed by atoms with Crippen molar-refractivity contribution in [1.82, 2.24) is 20.0 Å². The lowest BCUT2D eigenvalue weighted by molar-refractivity contribution is 0.0907. The Bertz CT molecular complexity index is 1070. The lowest BCUT2D eigenvalue weighted by Gasteiger charge is -2.32. The second-order valence-electron chi connectivity index (χ2n) is 8.45. The molecule has 1 fully saturated rings. The number of likely N-dealkylation sites (tertiary alicyclic amines) is 1. The third-order valence-corrected chi connectivity index (χ3v) is 6.00. The summed E-state index contributed by atoms with van der Waals surface area (Å²) < 4.78 is 14.9. The van der Waals surface area contributed by atoms with E-state index in [1.54, 1.807) is 16.8 Å². The van der Waals surface area contributed by atoms with E-state index < -0.39 is 0 Å². The number of hydrogen-bond acceptors (Lipinski definition) is 3. The van der Waals surface area contributed by atoms with Gasteiger partial charge in [-0.3, -0.25) is 9.69 Å². The number of piperidine rings is 1. The van der Waals surface area contributed by atoms with Crippen molar-refractivity contribution in [3.63, 3.8) is 0 Å². The van der Waals surface area contributed by atoms with Gasteiger partial charge in [0.25, 0.3) is 5.91 Å². The zero-order valence-electron chi connectivity index (χ0n) is 18.4. The molecule has 1 amide bonds. The second-order valence-corrected chi connectivity index (χ2v) is 8.45. The number of nitrogens with one attached hydrogen (secondary N) is 1. The number of carbonyl (C=O) groups is 1. The van der Waals surface area contributed by atoms with Gasteiger partial charge in [0, 0.05) is 25.7 Å². The first-order valence-corrected chi connectivity index (χ1v) is 10.8. The van der Waals surface area contributed by atoms with E-state index in [-0.39, 0.29) is 17.8 Å². The van der Waals surface area contributed by atoms with Crippen molar-refractivity contribution in [2.45, 2.75) is 46.2 Å². The zero-order chi connectivity index (χ0) is 22.0. The molecule has 6 heteroatoms. The third-order valence-electron chi connectivity index (χ3n) is 6.00. The van der Waals surface area contributed by atoms with Crippen molar-refractivity contribution in [1.29, 1.82) is 0 Å². The largest absolute Gasteiger partial charge is 0.349 e. The molecule has 5 nitrogen and oxygen atoms in total. The molecule has 2 aromatic carbocycles. The lowest BCUT2D eigenvalue weighted by Crippen LogP contribution is -2.44. The molecule has 1 aliphatic heterocycles. The Morgan fingerprint density at radius 3 is 2.48 bits per heavy atom. The summed E-state index contributed by atoms with van der Waals surface area (Å²) in [5.74, 6) is -0.377. The molecular weight excluding hydrogens is 391 g/mol. The number of benzene rings is 2. The van der Waals surface area contributed by atoms with Crippen molar-refractivity contribution in [3.05, 3.63) is 82.4 Å². The highest BCUT2D eigenvalue weighted by Crippen LogP contribution is 2.20. The average molecular weight is 421 g/mol. The van der Waals surface area contributed by atoms with Crippen LogP contribution in [0.5, 0.6) is 0 Å². The van der Waals surface area contributed by atoms with Crippen LogP contribution in [0.4, 0.5) is 4.39 Å². The van der Waals surface area contributed by atoms with Crippen LogP contribution in [0.25, 0.3) is 5.69 Å². The molecule has 0 spiro atoms. The van der Waals surface area contributed by atoms with Crippen LogP contribution in [-0.2, 0) is 6.54 Å². The van der Waals surface area contributed by atoms with Crippen LogP contribution in [0.15, 0.2) is 48.5 Å². The number of aromatic nitrogens is 2. The van der Waals surface area contributed by atoms with Gasteiger partial charge in [0.1, 0.15) is 5.82 Å². The molecule has 0 radical (unpaired) electrons. The summed E-state index contributed by atoms with van der Waals surface area (Å²) >= 11 is 0. The normalized spacial score (nSPS) is 15.2. The summed E-state index contributed by atoms with van der Waals surface area (Å²) in [4.78, 5) is 15.5. The highest BCUT2D eigenvalue weighted by molar-refractivity contribution is 5.96. The summed E-state index contributed by atoms with van der Waals surface area (Å²) in [5.41, 5.74) is 5.40. The van der Waals surface area contributed by atoms with Gasteiger partial charge in [-0.15, -0.1) is 0 Å². The Balaban J connectivity index is 1.37. The lowest BCUT2D eigenvalue weighted by atomic mass is 10.0. The monoisotopic (exact) mass is 420 g/mol. The van der Waals surface area contributed by atoms with Gasteiger partial charge >= 0.3 is 0 Å². The fourth-order valence-electron chi connectivity index (χ4n) is 4.37. The number of carbonyl (C=O) groups excluding carboxylic acids is 1. The van der Waals surface area contributed by atoms with Crippen LogP contribution in [-0.4, -0.2) is 39.7 Å². The Morgan fingerprint density at radius 2 is 1.81 bits per heavy atom. The predicted molar refractivity (Wildman–Crippen MR) is 120 cm³/mol. The molecule has 0 atom stereocenters. The predicted octanol–water partition coefficient (Wildman–Crippen LogP) is 4.33. The molecule has 31 heavy (non-hydrogen) atoms. The Kier molecular flexibility index (Phi) is 6.18. The Morgan fingerprint density at radius 1 is 1.10 bits per heavy atom. The molecule has 1 saturated heterocycles. The zero-order valence-corrected chi connectivity index (χ0v) is 18.4. The summed E-state index contributed by atoms with van der Waals surface area (Å²) in [7, 11) is 0. The van der Waals surface area contributed by atoms with E-state index in [0.29, 0.717) is 11.3 Å².